The maximum Gasteiger partial charge on any atom is 0.323 e. The van der Waals surface area contributed by atoms with E-state index in [-0.39, 0.29) is 0 Å². The number of benzene rings is 2. The van der Waals surface area contributed by atoms with Gasteiger partial charge in [0, 0.05) is 6.07 Å². The van der Waals surface area contributed by atoms with E-state index in [0.29, 0.717) is 12.1 Å². The molecule has 3 nitrogen and oxygen atoms in total. The van der Waals surface area contributed by atoms with Crippen LogP contribution in [0.1, 0.15) is 0 Å². The van der Waals surface area contributed by atoms with Crippen molar-refractivity contribution in [2.45, 2.75) is 0 Å². The number of halogens is 5. The van der Waals surface area contributed by atoms with Gasteiger partial charge in [0.1, 0.15) is 11.6 Å². The van der Waals surface area contributed by atoms with Gasteiger partial charge in [-0.15, -0.1) is 0 Å². The third kappa shape index (κ3) is 3.28. The SMILES string of the molecule is O=C(Nc1cc(F)ccc1F)Nc1ccc(F)c(F)c1F. The van der Waals surface area contributed by atoms with Crippen molar-refractivity contribution in [2.75, 3.05) is 10.6 Å². The largest absolute Gasteiger partial charge is 0.323 e. The first-order chi connectivity index (χ1) is 9.88. The molecule has 0 aromatic heterocycles. The van der Waals surface area contributed by atoms with Gasteiger partial charge in [-0.2, -0.15) is 0 Å². The fraction of sp³-hybridized carbons (Fsp3) is 0. The minimum absolute atomic E-state index is 0.490. The molecule has 110 valence electrons. The molecule has 0 saturated carbocycles. The Balaban J connectivity index is 2.16. The lowest BCUT2D eigenvalue weighted by Gasteiger charge is -2.09. The predicted octanol–water partition coefficient (Wildman–Crippen LogP) is 4.03. The number of urea groups is 1. The van der Waals surface area contributed by atoms with E-state index in [1.54, 1.807) is 0 Å². The second-order valence-electron chi connectivity index (χ2n) is 3.93. The molecule has 0 aliphatic carbocycles. The number of rotatable bonds is 2. The fourth-order valence-electron chi connectivity index (χ4n) is 1.49. The number of nitrogens with one attached hydrogen (secondary N) is 2. The van der Waals surface area contributed by atoms with Gasteiger partial charge in [-0.1, -0.05) is 0 Å². The molecule has 0 atom stereocenters. The highest BCUT2D eigenvalue weighted by molar-refractivity contribution is 5.99. The van der Waals surface area contributed by atoms with Crippen LogP contribution in [0.15, 0.2) is 30.3 Å². The Morgan fingerprint density at radius 1 is 0.762 bits per heavy atom. The van der Waals surface area contributed by atoms with Gasteiger partial charge in [0.05, 0.1) is 11.4 Å². The van der Waals surface area contributed by atoms with Crippen LogP contribution in [-0.4, -0.2) is 6.03 Å². The van der Waals surface area contributed by atoms with Crippen LogP contribution in [0.5, 0.6) is 0 Å². The summed E-state index contributed by atoms with van der Waals surface area (Å²) in [5.41, 5.74) is -1.14. The van der Waals surface area contributed by atoms with Crippen molar-refractivity contribution in [3.8, 4) is 0 Å². The van der Waals surface area contributed by atoms with Gasteiger partial charge < -0.3 is 10.6 Å². The van der Waals surface area contributed by atoms with Crippen LogP contribution in [0.4, 0.5) is 38.1 Å². The predicted molar refractivity (Wildman–Crippen MR) is 65.3 cm³/mol. The van der Waals surface area contributed by atoms with Gasteiger partial charge >= 0.3 is 6.03 Å². The zero-order valence-electron chi connectivity index (χ0n) is 10.2. The van der Waals surface area contributed by atoms with E-state index in [1.165, 1.54) is 0 Å². The second-order valence-corrected chi connectivity index (χ2v) is 3.93. The minimum atomic E-state index is -1.76. The Labute approximate surface area is 115 Å². The van der Waals surface area contributed by atoms with Crippen molar-refractivity contribution < 1.29 is 26.7 Å². The molecule has 2 N–H and O–H groups in total. The van der Waals surface area contributed by atoms with Crippen LogP contribution in [0, 0.1) is 29.1 Å². The Hall–Kier alpha value is -2.64. The Kier molecular flexibility index (Phi) is 4.06. The smallest absolute Gasteiger partial charge is 0.305 e. The molecule has 0 unspecified atom stereocenters. The van der Waals surface area contributed by atoms with Crippen LogP contribution in [-0.2, 0) is 0 Å². The van der Waals surface area contributed by atoms with Crippen molar-refractivity contribution in [1.29, 1.82) is 0 Å². The quantitative estimate of drug-likeness (QED) is 0.638. The molecule has 0 aliphatic rings. The van der Waals surface area contributed by atoms with Crippen molar-refractivity contribution in [3.05, 3.63) is 59.4 Å². The Morgan fingerprint density at radius 3 is 2.10 bits per heavy atom. The van der Waals surface area contributed by atoms with Crippen molar-refractivity contribution in [3.63, 3.8) is 0 Å². The number of hydrogen-bond acceptors (Lipinski definition) is 1. The van der Waals surface area contributed by atoms with E-state index >= 15 is 0 Å². The Morgan fingerprint density at radius 2 is 1.38 bits per heavy atom. The highest BCUT2D eigenvalue weighted by Crippen LogP contribution is 2.20. The van der Waals surface area contributed by atoms with Crippen molar-refractivity contribution in [1.82, 2.24) is 0 Å². The average Bonchev–Trinajstić information content (AvgIpc) is 2.43. The van der Waals surface area contributed by atoms with Crippen LogP contribution in [0.3, 0.4) is 0 Å². The fourth-order valence-corrected chi connectivity index (χ4v) is 1.49. The van der Waals surface area contributed by atoms with Gasteiger partial charge in [0.2, 0.25) is 0 Å². The first-order valence-corrected chi connectivity index (χ1v) is 5.55. The number of carbonyl (C=O) groups is 1. The van der Waals surface area contributed by atoms with Gasteiger partial charge in [0.15, 0.2) is 17.5 Å². The molecular formula is C13H7F5N2O. The molecule has 0 fully saturated rings. The molecule has 2 rings (SSSR count). The normalized spacial score (nSPS) is 10.3. The summed E-state index contributed by atoms with van der Waals surface area (Å²) in [5.74, 6) is -6.51. The number of carbonyl (C=O) groups excluding carboxylic acids is 1. The summed E-state index contributed by atoms with van der Waals surface area (Å²) in [4.78, 5) is 11.5. The van der Waals surface area contributed by atoms with Crippen molar-refractivity contribution >= 4 is 17.4 Å². The molecule has 0 radical (unpaired) electrons. The molecule has 8 heteroatoms. The number of hydrogen-bond donors (Lipinski definition) is 2. The first kappa shape index (κ1) is 14.8. The molecule has 2 aromatic rings. The van der Waals surface area contributed by atoms with E-state index < -0.39 is 46.5 Å². The molecule has 21 heavy (non-hydrogen) atoms. The third-order valence-corrected chi connectivity index (χ3v) is 2.46. The number of amides is 2. The van der Waals surface area contributed by atoms with Crippen LogP contribution in [0.2, 0.25) is 0 Å². The standard InChI is InChI=1S/C13H7F5N2O/c14-6-1-2-7(15)10(5-6)20-13(21)19-9-4-3-8(16)11(17)12(9)18/h1-5H,(H2,19,20,21). The lowest BCUT2D eigenvalue weighted by atomic mass is 10.2. The summed E-state index contributed by atoms with van der Waals surface area (Å²) in [5, 5.41) is 3.77. The zero-order valence-corrected chi connectivity index (χ0v) is 10.2. The monoisotopic (exact) mass is 302 g/mol. The van der Waals surface area contributed by atoms with Gasteiger partial charge in [-0.25, -0.2) is 26.7 Å². The molecular weight excluding hydrogens is 295 g/mol. The van der Waals surface area contributed by atoms with Crippen LogP contribution >= 0.6 is 0 Å². The molecule has 0 aliphatic heterocycles. The minimum Gasteiger partial charge on any atom is -0.305 e. The highest BCUT2D eigenvalue weighted by atomic mass is 19.2. The van der Waals surface area contributed by atoms with Crippen molar-refractivity contribution in [2.24, 2.45) is 0 Å². The van der Waals surface area contributed by atoms with Crippen LogP contribution < -0.4 is 10.6 Å². The van der Waals surface area contributed by atoms with Gasteiger partial charge in [-0.05, 0) is 24.3 Å². The third-order valence-electron chi connectivity index (χ3n) is 2.46. The highest BCUT2D eigenvalue weighted by Gasteiger charge is 2.16. The summed E-state index contributed by atoms with van der Waals surface area (Å²) >= 11 is 0. The molecule has 2 amide bonds. The molecule has 0 bridgehead atoms. The van der Waals surface area contributed by atoms with E-state index in [2.05, 4.69) is 0 Å². The Bertz CT molecular complexity index is 705. The summed E-state index contributed by atoms with van der Waals surface area (Å²) in [6.07, 6.45) is 0. The molecule has 0 spiro atoms. The van der Waals surface area contributed by atoms with E-state index in [4.69, 9.17) is 0 Å². The second kappa shape index (κ2) is 5.78. The summed E-state index contributed by atoms with van der Waals surface area (Å²) in [6, 6.07) is 2.57. The molecule has 0 saturated heterocycles. The van der Waals surface area contributed by atoms with E-state index in [0.717, 1.165) is 18.2 Å². The molecule has 0 heterocycles. The lowest BCUT2D eigenvalue weighted by molar-refractivity contribution is 0.262. The van der Waals surface area contributed by atoms with Gasteiger partial charge in [0.25, 0.3) is 0 Å². The lowest BCUT2D eigenvalue weighted by Crippen LogP contribution is -2.21. The van der Waals surface area contributed by atoms with E-state index in [1.807, 2.05) is 10.6 Å². The van der Waals surface area contributed by atoms with E-state index in [9.17, 15) is 26.7 Å². The summed E-state index contributed by atoms with van der Waals surface area (Å²) in [6.45, 7) is 0. The maximum absolute atomic E-state index is 13.3. The maximum atomic E-state index is 13.3. The number of anilines is 2. The summed E-state index contributed by atoms with van der Waals surface area (Å²) < 4.78 is 65.1. The van der Waals surface area contributed by atoms with Gasteiger partial charge in [-0.3, -0.25) is 0 Å². The summed E-state index contributed by atoms with van der Waals surface area (Å²) in [7, 11) is 0. The zero-order chi connectivity index (χ0) is 15.6. The first-order valence-electron chi connectivity index (χ1n) is 5.55. The topological polar surface area (TPSA) is 41.1 Å². The average molecular weight is 302 g/mol. The van der Waals surface area contributed by atoms with Crippen LogP contribution in [0.25, 0.3) is 0 Å². The molecule has 2 aromatic carbocycles.